The molecule has 0 amide bonds. The molecule has 6 nitrogen and oxygen atoms in total. The molecule has 6 heteroatoms. The lowest BCUT2D eigenvalue weighted by atomic mass is 10.1. The van der Waals surface area contributed by atoms with Gasteiger partial charge < -0.3 is 9.14 Å². The van der Waals surface area contributed by atoms with Gasteiger partial charge in [-0.05, 0) is 13.0 Å². The Bertz CT molecular complexity index is 772. The van der Waals surface area contributed by atoms with E-state index in [2.05, 4.69) is 10.1 Å². The van der Waals surface area contributed by atoms with Gasteiger partial charge in [-0.1, -0.05) is 0 Å². The third-order valence-electron chi connectivity index (χ3n) is 3.01. The summed E-state index contributed by atoms with van der Waals surface area (Å²) in [6, 6.07) is 1.79. The van der Waals surface area contributed by atoms with Gasteiger partial charge in [0.15, 0.2) is 0 Å². The van der Waals surface area contributed by atoms with Gasteiger partial charge in [-0.2, -0.15) is 5.10 Å². The van der Waals surface area contributed by atoms with Crippen molar-refractivity contribution in [2.24, 2.45) is 7.05 Å². The Hall–Kier alpha value is -2.63. The number of fused-ring (bicyclic) bond motifs is 1. The summed E-state index contributed by atoms with van der Waals surface area (Å²) < 4.78 is 8.58. The van der Waals surface area contributed by atoms with Gasteiger partial charge in [0, 0.05) is 43.0 Å². The van der Waals surface area contributed by atoms with Gasteiger partial charge in [0.2, 0.25) is 0 Å². The maximum atomic E-state index is 11.9. The summed E-state index contributed by atoms with van der Waals surface area (Å²) >= 11 is 0. The van der Waals surface area contributed by atoms with Crippen LogP contribution in [0.3, 0.4) is 0 Å². The zero-order valence-corrected chi connectivity index (χ0v) is 11.3. The highest BCUT2D eigenvalue weighted by Gasteiger charge is 2.14. The predicted molar refractivity (Wildman–Crippen MR) is 73.4 cm³/mol. The highest BCUT2D eigenvalue weighted by Crippen LogP contribution is 2.24. The number of hydrogen-bond acceptors (Lipinski definition) is 4. The molecule has 0 saturated heterocycles. The van der Waals surface area contributed by atoms with Crippen LogP contribution in [0.25, 0.3) is 16.8 Å². The van der Waals surface area contributed by atoms with E-state index in [9.17, 15) is 4.79 Å². The average Bonchev–Trinajstić information content (AvgIpc) is 3.06. The van der Waals surface area contributed by atoms with Crippen molar-refractivity contribution in [2.45, 2.75) is 6.92 Å². The van der Waals surface area contributed by atoms with E-state index >= 15 is 0 Å². The van der Waals surface area contributed by atoms with Crippen LogP contribution in [0.5, 0.6) is 0 Å². The van der Waals surface area contributed by atoms with Gasteiger partial charge >= 0.3 is 5.97 Å². The fourth-order valence-corrected chi connectivity index (χ4v) is 2.13. The van der Waals surface area contributed by atoms with Crippen LogP contribution in [0.15, 0.2) is 37.1 Å². The van der Waals surface area contributed by atoms with Crippen LogP contribution in [0, 0.1) is 0 Å². The highest BCUT2D eigenvalue weighted by molar-refractivity contribution is 5.92. The van der Waals surface area contributed by atoms with Crippen molar-refractivity contribution in [3.8, 4) is 11.1 Å². The van der Waals surface area contributed by atoms with Crippen molar-refractivity contribution >= 4 is 11.6 Å². The molecule has 0 unspecified atom stereocenters. The van der Waals surface area contributed by atoms with Crippen LogP contribution in [0.1, 0.15) is 17.3 Å². The Kier molecular flexibility index (Phi) is 2.98. The van der Waals surface area contributed by atoms with E-state index in [1.807, 2.05) is 17.6 Å². The van der Waals surface area contributed by atoms with Gasteiger partial charge in [0.1, 0.15) is 5.65 Å². The molecular weight excluding hydrogens is 256 g/mol. The molecule has 0 aromatic carbocycles. The molecule has 3 aromatic heterocycles. The first kappa shape index (κ1) is 12.4. The lowest BCUT2D eigenvalue weighted by Gasteiger charge is -2.06. The summed E-state index contributed by atoms with van der Waals surface area (Å²) in [7, 11) is 1.85. The van der Waals surface area contributed by atoms with Crippen molar-refractivity contribution in [1.82, 2.24) is 19.2 Å². The van der Waals surface area contributed by atoms with Crippen molar-refractivity contribution in [3.63, 3.8) is 0 Å². The molecule has 0 radical (unpaired) electrons. The second kappa shape index (κ2) is 4.80. The summed E-state index contributed by atoms with van der Waals surface area (Å²) in [5.41, 5.74) is 3.05. The number of pyridine rings is 1. The molecular formula is C14H14N4O2. The molecule has 0 spiro atoms. The van der Waals surface area contributed by atoms with E-state index in [0.717, 1.165) is 16.8 Å². The summed E-state index contributed by atoms with van der Waals surface area (Å²) in [4.78, 5) is 16.2. The molecule has 0 aliphatic heterocycles. The summed E-state index contributed by atoms with van der Waals surface area (Å²) in [5, 5.41) is 4.16. The lowest BCUT2D eigenvalue weighted by Crippen LogP contribution is -2.06. The summed E-state index contributed by atoms with van der Waals surface area (Å²) in [6.07, 6.45) is 8.86. The average molecular weight is 270 g/mol. The molecule has 3 aromatic rings. The van der Waals surface area contributed by atoms with E-state index in [0.29, 0.717) is 12.2 Å². The molecule has 3 rings (SSSR count). The molecule has 0 aliphatic rings. The number of aryl methyl sites for hydroxylation is 1. The minimum atomic E-state index is -0.340. The SMILES string of the molecule is CCOC(=O)c1cc(-c2cnn(C)c2)c2nccn2c1. The lowest BCUT2D eigenvalue weighted by molar-refractivity contribution is 0.0526. The third kappa shape index (κ3) is 2.05. The molecule has 3 heterocycles. The zero-order chi connectivity index (χ0) is 14.1. The molecule has 0 fully saturated rings. The second-order valence-electron chi connectivity index (χ2n) is 4.42. The Morgan fingerprint density at radius 1 is 1.40 bits per heavy atom. The first-order chi connectivity index (χ1) is 9.69. The van der Waals surface area contributed by atoms with E-state index < -0.39 is 0 Å². The van der Waals surface area contributed by atoms with Crippen molar-refractivity contribution < 1.29 is 9.53 Å². The normalized spacial score (nSPS) is 10.9. The van der Waals surface area contributed by atoms with E-state index in [4.69, 9.17) is 4.74 Å². The fraction of sp³-hybridized carbons (Fsp3) is 0.214. The van der Waals surface area contributed by atoms with Gasteiger partial charge in [0.05, 0.1) is 18.4 Å². The topological polar surface area (TPSA) is 61.4 Å². The van der Waals surface area contributed by atoms with Gasteiger partial charge in [-0.15, -0.1) is 0 Å². The standard InChI is InChI=1S/C14H14N4O2/c1-3-20-14(19)10-6-12(11-7-16-17(2)8-11)13-15-4-5-18(13)9-10/h4-9H,3H2,1-2H3. The fourth-order valence-electron chi connectivity index (χ4n) is 2.13. The van der Waals surface area contributed by atoms with Crippen molar-refractivity contribution in [1.29, 1.82) is 0 Å². The maximum Gasteiger partial charge on any atom is 0.339 e. The first-order valence-electron chi connectivity index (χ1n) is 6.32. The third-order valence-corrected chi connectivity index (χ3v) is 3.01. The molecule has 0 N–H and O–H groups in total. The molecule has 102 valence electrons. The molecule has 0 atom stereocenters. The van der Waals surface area contributed by atoms with Crippen LogP contribution < -0.4 is 0 Å². The Morgan fingerprint density at radius 3 is 2.95 bits per heavy atom. The highest BCUT2D eigenvalue weighted by atomic mass is 16.5. The number of hydrogen-bond donors (Lipinski definition) is 0. The number of esters is 1. The summed E-state index contributed by atoms with van der Waals surface area (Å²) in [6.45, 7) is 2.14. The number of ether oxygens (including phenoxy) is 1. The minimum absolute atomic E-state index is 0.340. The van der Waals surface area contributed by atoms with Gasteiger partial charge in [0.25, 0.3) is 0 Å². The number of rotatable bonds is 3. The Labute approximate surface area is 115 Å². The monoisotopic (exact) mass is 270 g/mol. The minimum Gasteiger partial charge on any atom is -0.462 e. The van der Waals surface area contributed by atoms with Crippen LogP contribution in [0.4, 0.5) is 0 Å². The van der Waals surface area contributed by atoms with E-state index in [1.54, 1.807) is 42.5 Å². The van der Waals surface area contributed by atoms with E-state index in [1.165, 1.54) is 0 Å². The molecule has 20 heavy (non-hydrogen) atoms. The van der Waals surface area contributed by atoms with Crippen LogP contribution in [-0.4, -0.2) is 31.7 Å². The maximum absolute atomic E-state index is 11.9. The number of aromatic nitrogens is 4. The largest absolute Gasteiger partial charge is 0.462 e. The zero-order valence-electron chi connectivity index (χ0n) is 11.3. The first-order valence-corrected chi connectivity index (χ1v) is 6.32. The van der Waals surface area contributed by atoms with Crippen molar-refractivity contribution in [3.05, 3.63) is 42.6 Å². The molecule has 0 saturated carbocycles. The van der Waals surface area contributed by atoms with E-state index in [-0.39, 0.29) is 5.97 Å². The number of carbonyl (C=O) groups excluding carboxylic acids is 1. The van der Waals surface area contributed by atoms with Gasteiger partial charge in [-0.25, -0.2) is 9.78 Å². The Balaban J connectivity index is 2.19. The summed E-state index contributed by atoms with van der Waals surface area (Å²) in [5.74, 6) is -0.340. The number of carbonyl (C=O) groups is 1. The second-order valence-corrected chi connectivity index (χ2v) is 4.42. The Morgan fingerprint density at radius 2 is 2.25 bits per heavy atom. The molecule has 0 bridgehead atoms. The number of imidazole rings is 1. The van der Waals surface area contributed by atoms with Crippen LogP contribution in [0.2, 0.25) is 0 Å². The number of nitrogens with zero attached hydrogens (tertiary/aromatic N) is 4. The molecule has 0 aliphatic carbocycles. The van der Waals surface area contributed by atoms with Crippen LogP contribution in [-0.2, 0) is 11.8 Å². The predicted octanol–water partition coefficient (Wildman–Crippen LogP) is 1.91. The van der Waals surface area contributed by atoms with Crippen LogP contribution >= 0.6 is 0 Å². The van der Waals surface area contributed by atoms with Gasteiger partial charge in [-0.3, -0.25) is 4.68 Å². The van der Waals surface area contributed by atoms with Crippen molar-refractivity contribution in [2.75, 3.05) is 6.61 Å². The quantitative estimate of drug-likeness (QED) is 0.682. The smallest absolute Gasteiger partial charge is 0.339 e.